The van der Waals surface area contributed by atoms with Gasteiger partial charge < -0.3 is 9.47 Å². The van der Waals surface area contributed by atoms with E-state index in [9.17, 15) is 9.59 Å². The van der Waals surface area contributed by atoms with Crippen LogP contribution in [0.15, 0.2) is 35.3 Å². The maximum Gasteiger partial charge on any atom is 0.434 e. The topological polar surface area (TPSA) is 65.0 Å². The van der Waals surface area contributed by atoms with Gasteiger partial charge in [0.05, 0.1) is 12.8 Å². The first-order valence-corrected chi connectivity index (χ1v) is 5.62. The third kappa shape index (κ3) is 2.74. The molecule has 5 nitrogen and oxygen atoms in total. The van der Waals surface area contributed by atoms with Crippen LogP contribution in [0.4, 0.5) is 4.79 Å². The summed E-state index contributed by atoms with van der Waals surface area (Å²) in [5.41, 5.74) is 1.41. The quantitative estimate of drug-likeness (QED) is 0.763. The molecule has 94 valence electrons. The summed E-state index contributed by atoms with van der Waals surface area (Å²) < 4.78 is 9.63. The van der Waals surface area contributed by atoms with E-state index in [4.69, 9.17) is 4.74 Å². The summed E-state index contributed by atoms with van der Waals surface area (Å²) in [4.78, 5) is 26.2. The smallest absolute Gasteiger partial charge is 0.434 e. The number of aliphatic imine (C=N–C) groups is 1. The van der Waals surface area contributed by atoms with Crippen LogP contribution >= 0.6 is 0 Å². The SMILES string of the molecule is COC(=O)CCC1OC(=O)N=C1c1ccccc1. The number of hydrogen-bond donors (Lipinski definition) is 0. The van der Waals surface area contributed by atoms with Crippen molar-refractivity contribution in [3.63, 3.8) is 0 Å². The van der Waals surface area contributed by atoms with Crippen molar-refractivity contribution in [2.24, 2.45) is 4.99 Å². The Labute approximate surface area is 104 Å². The van der Waals surface area contributed by atoms with Crippen molar-refractivity contribution >= 4 is 17.8 Å². The molecule has 0 spiro atoms. The summed E-state index contributed by atoms with van der Waals surface area (Å²) in [7, 11) is 1.33. The minimum Gasteiger partial charge on any atom is -0.469 e. The first kappa shape index (κ1) is 12.3. The molecule has 0 N–H and O–H groups in total. The lowest BCUT2D eigenvalue weighted by Crippen LogP contribution is -2.21. The Hall–Kier alpha value is -2.17. The highest BCUT2D eigenvalue weighted by atomic mass is 16.6. The van der Waals surface area contributed by atoms with E-state index in [1.807, 2.05) is 30.3 Å². The highest BCUT2D eigenvalue weighted by molar-refractivity contribution is 6.11. The molecule has 0 aliphatic carbocycles. The molecule has 1 aromatic carbocycles. The third-order valence-corrected chi connectivity index (χ3v) is 2.67. The number of cyclic esters (lactones) is 1. The minimum absolute atomic E-state index is 0.195. The van der Waals surface area contributed by atoms with Gasteiger partial charge in [-0.1, -0.05) is 30.3 Å². The van der Waals surface area contributed by atoms with Crippen molar-refractivity contribution in [3.8, 4) is 0 Å². The molecule has 1 amide bonds. The molecule has 1 atom stereocenters. The number of esters is 1. The van der Waals surface area contributed by atoms with Gasteiger partial charge in [-0.25, -0.2) is 4.79 Å². The summed E-state index contributed by atoms with van der Waals surface area (Å²) in [6, 6.07) is 9.30. The van der Waals surface area contributed by atoms with E-state index in [1.54, 1.807) is 0 Å². The zero-order valence-corrected chi connectivity index (χ0v) is 9.96. The molecule has 0 saturated carbocycles. The van der Waals surface area contributed by atoms with Crippen molar-refractivity contribution in [2.45, 2.75) is 18.9 Å². The molecule has 0 saturated heterocycles. The molecular formula is C13H13NO4. The summed E-state index contributed by atoms with van der Waals surface area (Å²) in [5, 5.41) is 0. The normalized spacial score (nSPS) is 18.2. The second-order valence-corrected chi connectivity index (χ2v) is 3.85. The Morgan fingerprint density at radius 3 is 2.78 bits per heavy atom. The molecule has 1 aliphatic heterocycles. The highest BCUT2D eigenvalue weighted by Crippen LogP contribution is 2.19. The molecule has 0 aromatic heterocycles. The van der Waals surface area contributed by atoms with Crippen molar-refractivity contribution in [1.29, 1.82) is 0 Å². The number of rotatable bonds is 4. The van der Waals surface area contributed by atoms with Gasteiger partial charge >= 0.3 is 12.1 Å². The summed E-state index contributed by atoms with van der Waals surface area (Å²) in [5.74, 6) is -0.328. The molecule has 2 rings (SSSR count). The lowest BCUT2D eigenvalue weighted by Gasteiger charge is -2.11. The Kier molecular flexibility index (Phi) is 3.72. The van der Waals surface area contributed by atoms with Gasteiger partial charge in [-0.2, -0.15) is 4.99 Å². The molecule has 1 aliphatic rings. The zero-order valence-electron chi connectivity index (χ0n) is 9.96. The van der Waals surface area contributed by atoms with Crippen molar-refractivity contribution in [2.75, 3.05) is 7.11 Å². The number of amides is 1. The molecule has 1 unspecified atom stereocenters. The number of hydrogen-bond acceptors (Lipinski definition) is 4. The van der Waals surface area contributed by atoms with Gasteiger partial charge in [0.15, 0.2) is 0 Å². The largest absolute Gasteiger partial charge is 0.469 e. The average Bonchev–Trinajstić information content (AvgIpc) is 2.78. The van der Waals surface area contributed by atoms with Crippen LogP contribution in [-0.4, -0.2) is 31.0 Å². The summed E-state index contributed by atoms with van der Waals surface area (Å²) in [6.07, 6.45) is -0.505. The van der Waals surface area contributed by atoms with E-state index >= 15 is 0 Å². The first-order chi connectivity index (χ1) is 8.70. The van der Waals surface area contributed by atoms with Crippen LogP contribution in [-0.2, 0) is 14.3 Å². The second kappa shape index (κ2) is 5.44. The second-order valence-electron chi connectivity index (χ2n) is 3.85. The fourth-order valence-electron chi connectivity index (χ4n) is 1.78. The molecule has 0 radical (unpaired) electrons. The van der Waals surface area contributed by atoms with Gasteiger partial charge in [-0.15, -0.1) is 0 Å². The van der Waals surface area contributed by atoms with Crippen LogP contribution in [0.25, 0.3) is 0 Å². The predicted molar refractivity (Wildman–Crippen MR) is 64.5 cm³/mol. The van der Waals surface area contributed by atoms with Crippen LogP contribution in [0.3, 0.4) is 0 Å². The lowest BCUT2D eigenvalue weighted by molar-refractivity contribution is -0.141. The molecule has 1 heterocycles. The van der Waals surface area contributed by atoms with Crippen LogP contribution in [0.5, 0.6) is 0 Å². The van der Waals surface area contributed by atoms with Gasteiger partial charge in [-0.3, -0.25) is 4.79 Å². The summed E-state index contributed by atoms with van der Waals surface area (Å²) in [6.45, 7) is 0. The average molecular weight is 247 g/mol. The van der Waals surface area contributed by atoms with Crippen molar-refractivity contribution in [3.05, 3.63) is 35.9 Å². The van der Waals surface area contributed by atoms with Crippen molar-refractivity contribution < 1.29 is 19.1 Å². The predicted octanol–water partition coefficient (Wildman–Crippen LogP) is 1.95. The number of nitrogens with zero attached hydrogens (tertiary/aromatic N) is 1. The van der Waals surface area contributed by atoms with Gasteiger partial charge in [0.1, 0.15) is 6.10 Å². The third-order valence-electron chi connectivity index (χ3n) is 2.67. The maximum absolute atomic E-state index is 11.2. The first-order valence-electron chi connectivity index (χ1n) is 5.62. The van der Waals surface area contributed by atoms with E-state index in [0.29, 0.717) is 12.1 Å². The summed E-state index contributed by atoms with van der Waals surface area (Å²) >= 11 is 0. The Balaban J connectivity index is 2.10. The number of ether oxygens (including phenoxy) is 2. The van der Waals surface area contributed by atoms with E-state index < -0.39 is 12.2 Å². The molecule has 18 heavy (non-hydrogen) atoms. The van der Waals surface area contributed by atoms with Crippen LogP contribution in [0, 0.1) is 0 Å². The standard InChI is InChI=1S/C13H13NO4/c1-17-11(15)8-7-10-12(14-13(16)18-10)9-5-3-2-4-6-9/h2-6,10H,7-8H2,1H3. The fraction of sp³-hybridized carbons (Fsp3) is 0.308. The molecular weight excluding hydrogens is 234 g/mol. The maximum atomic E-state index is 11.2. The van der Waals surface area contributed by atoms with Gasteiger partial charge in [0.25, 0.3) is 0 Å². The number of carbonyl (C=O) groups is 2. The minimum atomic E-state index is -0.608. The van der Waals surface area contributed by atoms with Crippen molar-refractivity contribution in [1.82, 2.24) is 0 Å². The highest BCUT2D eigenvalue weighted by Gasteiger charge is 2.29. The number of carbonyl (C=O) groups excluding carboxylic acids is 2. The Morgan fingerprint density at radius 2 is 2.11 bits per heavy atom. The van der Waals surface area contributed by atoms with Gasteiger partial charge in [0, 0.05) is 18.4 Å². The van der Waals surface area contributed by atoms with E-state index in [1.165, 1.54) is 7.11 Å². The molecule has 0 fully saturated rings. The molecule has 0 bridgehead atoms. The van der Waals surface area contributed by atoms with Crippen LogP contribution in [0.2, 0.25) is 0 Å². The van der Waals surface area contributed by atoms with E-state index in [-0.39, 0.29) is 12.4 Å². The molecule has 1 aromatic rings. The molecule has 5 heteroatoms. The monoisotopic (exact) mass is 247 g/mol. The van der Waals surface area contributed by atoms with E-state index in [0.717, 1.165) is 5.56 Å². The number of benzene rings is 1. The number of methoxy groups -OCH3 is 1. The Morgan fingerprint density at radius 1 is 1.39 bits per heavy atom. The van der Waals surface area contributed by atoms with Gasteiger partial charge in [-0.05, 0) is 0 Å². The van der Waals surface area contributed by atoms with E-state index in [2.05, 4.69) is 9.73 Å². The van der Waals surface area contributed by atoms with Gasteiger partial charge in [0.2, 0.25) is 0 Å². The zero-order chi connectivity index (χ0) is 13.0. The van der Waals surface area contributed by atoms with Crippen LogP contribution < -0.4 is 0 Å². The fourth-order valence-corrected chi connectivity index (χ4v) is 1.78. The Bertz CT molecular complexity index is 481. The lowest BCUT2D eigenvalue weighted by atomic mass is 10.0. The van der Waals surface area contributed by atoms with Crippen LogP contribution in [0.1, 0.15) is 18.4 Å².